The summed E-state index contributed by atoms with van der Waals surface area (Å²) in [5.74, 6) is 0.401. The average Bonchev–Trinajstić information content (AvgIpc) is 2.71. The molecular formula is C15H23BrN2O2. The summed E-state index contributed by atoms with van der Waals surface area (Å²) in [7, 11) is 0. The van der Waals surface area contributed by atoms with Crippen molar-refractivity contribution in [1.82, 2.24) is 10.2 Å². The van der Waals surface area contributed by atoms with Crippen LogP contribution in [-0.2, 0) is 9.59 Å². The van der Waals surface area contributed by atoms with E-state index in [1.165, 1.54) is 0 Å². The molecule has 1 amide bonds. The highest BCUT2D eigenvalue weighted by atomic mass is 79.9. The van der Waals surface area contributed by atoms with Crippen LogP contribution in [0.4, 0.5) is 0 Å². The van der Waals surface area contributed by atoms with E-state index in [0.29, 0.717) is 0 Å². The van der Waals surface area contributed by atoms with Gasteiger partial charge in [0.05, 0.1) is 10.2 Å². The quantitative estimate of drug-likeness (QED) is 0.736. The van der Waals surface area contributed by atoms with E-state index in [-0.39, 0.29) is 27.3 Å². The fourth-order valence-corrected chi connectivity index (χ4v) is 6.08. The predicted octanol–water partition coefficient (Wildman–Crippen LogP) is 1.58. The summed E-state index contributed by atoms with van der Waals surface area (Å²) < 4.78 is 0. The Morgan fingerprint density at radius 1 is 1.25 bits per heavy atom. The molecule has 112 valence electrons. The third kappa shape index (κ3) is 1.41. The average molecular weight is 343 g/mol. The molecule has 3 fully saturated rings. The number of fused-ring (bicyclic) bond motifs is 2. The van der Waals surface area contributed by atoms with E-state index < -0.39 is 5.41 Å². The summed E-state index contributed by atoms with van der Waals surface area (Å²) in [4.78, 5) is 27.5. The fraction of sp³-hybridized carbons (Fsp3) is 0.867. The molecule has 4 nitrogen and oxygen atoms in total. The van der Waals surface area contributed by atoms with Gasteiger partial charge in [0.2, 0.25) is 5.91 Å². The van der Waals surface area contributed by atoms with Gasteiger partial charge in [0.15, 0.2) is 5.78 Å². The molecule has 3 aliphatic rings. The summed E-state index contributed by atoms with van der Waals surface area (Å²) in [6, 6.07) is 0. The van der Waals surface area contributed by atoms with Gasteiger partial charge in [-0.3, -0.25) is 9.59 Å². The number of Topliss-reactive ketones (excluding diaryl/α,β-unsaturated/α-hetero) is 1. The fourth-order valence-electron chi connectivity index (χ4n) is 4.58. The number of piperazine rings is 1. The van der Waals surface area contributed by atoms with Crippen molar-refractivity contribution in [3.63, 3.8) is 0 Å². The van der Waals surface area contributed by atoms with Crippen LogP contribution in [0.15, 0.2) is 0 Å². The third-order valence-corrected chi connectivity index (χ3v) is 7.70. The molecule has 0 spiro atoms. The number of halogens is 1. The number of rotatable bonds is 1. The number of hydrogen-bond donors (Lipinski definition) is 1. The molecule has 5 heteroatoms. The van der Waals surface area contributed by atoms with Crippen LogP contribution in [-0.4, -0.2) is 47.6 Å². The lowest BCUT2D eigenvalue weighted by Crippen LogP contribution is -2.56. The molecule has 1 saturated heterocycles. The molecule has 0 unspecified atom stereocenters. The van der Waals surface area contributed by atoms with Crippen LogP contribution < -0.4 is 5.32 Å². The lowest BCUT2D eigenvalue weighted by Gasteiger charge is -2.43. The zero-order valence-electron chi connectivity index (χ0n) is 12.5. The van der Waals surface area contributed by atoms with Crippen LogP contribution >= 0.6 is 15.9 Å². The topological polar surface area (TPSA) is 49.4 Å². The highest BCUT2D eigenvalue weighted by molar-refractivity contribution is 9.10. The van der Waals surface area contributed by atoms with E-state index in [1.54, 1.807) is 0 Å². The lowest BCUT2D eigenvalue weighted by molar-refractivity contribution is -0.147. The summed E-state index contributed by atoms with van der Waals surface area (Å²) in [6.45, 7) is 9.46. The standard InChI is InChI=1S/C15H23BrN2O2/c1-13(2)14(3)4-5-15(13,10(16)11(14)19)12(20)18-8-6-17-7-9-18/h10,17H,4-9H2,1-3H3/t10-,14-,15+/m1/s1. The van der Waals surface area contributed by atoms with Gasteiger partial charge < -0.3 is 10.2 Å². The van der Waals surface area contributed by atoms with E-state index in [1.807, 2.05) is 11.8 Å². The van der Waals surface area contributed by atoms with Gasteiger partial charge in [-0.1, -0.05) is 36.7 Å². The number of alkyl halides is 1. The molecule has 0 aromatic heterocycles. The molecule has 0 radical (unpaired) electrons. The second-order valence-corrected chi connectivity index (χ2v) is 8.11. The van der Waals surface area contributed by atoms with Gasteiger partial charge in [-0.15, -0.1) is 0 Å². The molecule has 0 aromatic carbocycles. The van der Waals surface area contributed by atoms with Crippen molar-refractivity contribution in [3.05, 3.63) is 0 Å². The van der Waals surface area contributed by atoms with Crippen LogP contribution in [0.25, 0.3) is 0 Å². The number of ketones is 1. The van der Waals surface area contributed by atoms with Gasteiger partial charge in [-0.2, -0.15) is 0 Å². The summed E-state index contributed by atoms with van der Waals surface area (Å²) in [5, 5.41) is 3.28. The van der Waals surface area contributed by atoms with E-state index in [2.05, 4.69) is 35.1 Å². The molecule has 3 atom stereocenters. The Kier molecular flexibility index (Phi) is 3.11. The molecule has 2 aliphatic carbocycles. The van der Waals surface area contributed by atoms with Crippen LogP contribution in [0.5, 0.6) is 0 Å². The van der Waals surface area contributed by atoms with E-state index in [4.69, 9.17) is 0 Å². The van der Waals surface area contributed by atoms with E-state index in [9.17, 15) is 9.59 Å². The Balaban J connectivity index is 2.02. The number of hydrogen-bond acceptors (Lipinski definition) is 3. The minimum absolute atomic E-state index is 0.181. The maximum atomic E-state index is 13.2. The van der Waals surface area contributed by atoms with Crippen molar-refractivity contribution in [2.75, 3.05) is 26.2 Å². The predicted molar refractivity (Wildman–Crippen MR) is 80.7 cm³/mol. The van der Waals surface area contributed by atoms with Gasteiger partial charge in [-0.25, -0.2) is 0 Å². The van der Waals surface area contributed by atoms with Gasteiger partial charge in [0.25, 0.3) is 0 Å². The van der Waals surface area contributed by atoms with Crippen molar-refractivity contribution >= 4 is 27.6 Å². The number of amides is 1. The largest absolute Gasteiger partial charge is 0.340 e. The van der Waals surface area contributed by atoms with Crippen LogP contribution in [0.1, 0.15) is 33.6 Å². The molecule has 2 bridgehead atoms. The van der Waals surface area contributed by atoms with Gasteiger partial charge >= 0.3 is 0 Å². The highest BCUT2D eigenvalue weighted by Gasteiger charge is 2.77. The summed E-state index contributed by atoms with van der Waals surface area (Å²) in [5.41, 5.74) is -1.21. The SMILES string of the molecule is CC1(C)[C@]2(C)CC[C@@]1(C(=O)N1CCNCC1)[C@H](Br)C2=O. The number of carbonyl (C=O) groups is 2. The first-order chi connectivity index (χ1) is 9.29. The number of nitrogens with zero attached hydrogens (tertiary/aromatic N) is 1. The smallest absolute Gasteiger partial charge is 0.231 e. The van der Waals surface area contributed by atoms with Gasteiger partial charge in [0, 0.05) is 31.6 Å². The minimum atomic E-state index is -0.559. The van der Waals surface area contributed by atoms with Crippen LogP contribution in [0.2, 0.25) is 0 Å². The lowest BCUT2D eigenvalue weighted by atomic mass is 9.64. The number of nitrogens with one attached hydrogen (secondary N) is 1. The molecule has 1 heterocycles. The van der Waals surface area contributed by atoms with Crippen molar-refractivity contribution in [3.8, 4) is 0 Å². The molecule has 3 rings (SSSR count). The summed E-state index contributed by atoms with van der Waals surface area (Å²) in [6.07, 6.45) is 1.65. The first-order valence-corrected chi connectivity index (χ1v) is 8.39. The van der Waals surface area contributed by atoms with Crippen molar-refractivity contribution in [2.24, 2.45) is 16.2 Å². The zero-order chi connectivity index (χ0) is 14.8. The molecule has 1 N–H and O–H groups in total. The molecular weight excluding hydrogens is 320 g/mol. The minimum Gasteiger partial charge on any atom is -0.340 e. The zero-order valence-corrected chi connectivity index (χ0v) is 14.0. The Labute approximate surface area is 128 Å². The van der Waals surface area contributed by atoms with Gasteiger partial charge in [0.1, 0.15) is 0 Å². The van der Waals surface area contributed by atoms with Crippen LogP contribution in [0, 0.1) is 16.2 Å². The maximum Gasteiger partial charge on any atom is 0.231 e. The second-order valence-electron chi connectivity index (χ2n) is 7.20. The Bertz CT molecular complexity index is 472. The monoisotopic (exact) mass is 342 g/mol. The van der Waals surface area contributed by atoms with Crippen LogP contribution in [0.3, 0.4) is 0 Å². The van der Waals surface area contributed by atoms with E-state index in [0.717, 1.165) is 39.0 Å². The maximum absolute atomic E-state index is 13.2. The van der Waals surface area contributed by atoms with Crippen molar-refractivity contribution in [2.45, 2.75) is 38.4 Å². The highest BCUT2D eigenvalue weighted by Crippen LogP contribution is 2.72. The third-order valence-electron chi connectivity index (χ3n) is 6.51. The molecule has 0 aromatic rings. The second kappa shape index (κ2) is 4.29. The first kappa shape index (κ1) is 14.5. The number of carbonyl (C=O) groups excluding carboxylic acids is 2. The molecule has 1 aliphatic heterocycles. The van der Waals surface area contributed by atoms with Gasteiger partial charge in [-0.05, 0) is 18.3 Å². The normalized spacial score (nSPS) is 43.1. The first-order valence-electron chi connectivity index (χ1n) is 7.47. The Morgan fingerprint density at radius 2 is 1.85 bits per heavy atom. The Morgan fingerprint density at radius 3 is 2.35 bits per heavy atom. The van der Waals surface area contributed by atoms with Crippen molar-refractivity contribution in [1.29, 1.82) is 0 Å². The van der Waals surface area contributed by atoms with Crippen molar-refractivity contribution < 1.29 is 9.59 Å². The van der Waals surface area contributed by atoms with E-state index >= 15 is 0 Å². The summed E-state index contributed by atoms with van der Waals surface area (Å²) >= 11 is 3.58. The molecule has 20 heavy (non-hydrogen) atoms. The molecule has 2 saturated carbocycles. The Hall–Kier alpha value is -0.420.